The van der Waals surface area contributed by atoms with Gasteiger partial charge in [0.1, 0.15) is 0 Å². The van der Waals surface area contributed by atoms with Gasteiger partial charge in [-0.05, 0) is 18.2 Å². The summed E-state index contributed by atoms with van der Waals surface area (Å²) in [6.45, 7) is 2.18. The van der Waals surface area contributed by atoms with Gasteiger partial charge in [-0.15, -0.1) is 11.3 Å². The summed E-state index contributed by atoms with van der Waals surface area (Å²) < 4.78 is 26.8. The van der Waals surface area contributed by atoms with Gasteiger partial charge in [0.25, 0.3) is 0 Å². The molecule has 0 saturated carbocycles. The van der Waals surface area contributed by atoms with Crippen LogP contribution in [-0.4, -0.2) is 19.9 Å². The van der Waals surface area contributed by atoms with Crippen LogP contribution >= 0.6 is 11.3 Å². The Labute approximate surface area is 122 Å². The molecule has 1 N–H and O–H groups in total. The SMILES string of the molecule is CC(CNS(=O)(=O)c1cccc(C#N)c1)c1nccs1. The molecule has 7 heteroatoms. The third-order valence-electron chi connectivity index (χ3n) is 2.73. The van der Waals surface area contributed by atoms with Crippen LogP contribution < -0.4 is 4.72 Å². The summed E-state index contributed by atoms with van der Waals surface area (Å²) in [5, 5.41) is 11.5. The van der Waals surface area contributed by atoms with Crippen molar-refractivity contribution in [3.8, 4) is 6.07 Å². The molecule has 0 aliphatic heterocycles. The molecule has 1 unspecified atom stereocenters. The highest BCUT2D eigenvalue weighted by Crippen LogP contribution is 2.18. The quantitative estimate of drug-likeness (QED) is 0.917. The number of sulfonamides is 1. The zero-order valence-corrected chi connectivity index (χ0v) is 12.4. The van der Waals surface area contributed by atoms with E-state index in [4.69, 9.17) is 5.26 Å². The van der Waals surface area contributed by atoms with Gasteiger partial charge in [-0.1, -0.05) is 13.0 Å². The maximum absolute atomic E-state index is 12.1. The summed E-state index contributed by atoms with van der Waals surface area (Å²) >= 11 is 1.49. The fraction of sp³-hybridized carbons (Fsp3) is 0.231. The van der Waals surface area contributed by atoms with E-state index in [-0.39, 0.29) is 17.4 Å². The van der Waals surface area contributed by atoms with E-state index in [1.54, 1.807) is 18.3 Å². The van der Waals surface area contributed by atoms with Crippen LogP contribution in [0.1, 0.15) is 23.4 Å². The molecule has 5 nitrogen and oxygen atoms in total. The summed E-state index contributed by atoms with van der Waals surface area (Å²) in [7, 11) is -3.60. The number of thiazole rings is 1. The molecule has 1 atom stereocenters. The van der Waals surface area contributed by atoms with Crippen LogP contribution in [-0.2, 0) is 10.0 Å². The van der Waals surface area contributed by atoms with Gasteiger partial charge in [0, 0.05) is 24.0 Å². The number of hydrogen-bond acceptors (Lipinski definition) is 5. The van der Waals surface area contributed by atoms with Gasteiger partial charge in [-0.3, -0.25) is 0 Å². The summed E-state index contributed by atoms with van der Waals surface area (Å²) in [6, 6.07) is 7.87. The van der Waals surface area contributed by atoms with E-state index in [0.29, 0.717) is 5.56 Å². The number of rotatable bonds is 5. The molecule has 0 bridgehead atoms. The molecule has 104 valence electrons. The molecular weight excluding hydrogens is 294 g/mol. The van der Waals surface area contributed by atoms with Crippen LogP contribution in [0.5, 0.6) is 0 Å². The molecule has 20 heavy (non-hydrogen) atoms. The normalized spacial score (nSPS) is 12.8. The molecule has 0 amide bonds. The lowest BCUT2D eigenvalue weighted by molar-refractivity contribution is 0.574. The van der Waals surface area contributed by atoms with Crippen LogP contribution in [0.25, 0.3) is 0 Å². The molecule has 2 rings (SSSR count). The van der Waals surface area contributed by atoms with Gasteiger partial charge in [0.05, 0.1) is 21.5 Å². The number of hydrogen-bond donors (Lipinski definition) is 1. The van der Waals surface area contributed by atoms with Gasteiger partial charge in [0.15, 0.2) is 0 Å². The van der Waals surface area contributed by atoms with Crippen molar-refractivity contribution in [3.05, 3.63) is 46.4 Å². The Kier molecular flexibility index (Phi) is 4.49. The number of benzene rings is 1. The Bertz CT molecular complexity index is 718. The first-order chi connectivity index (χ1) is 9.53. The summed E-state index contributed by atoms with van der Waals surface area (Å²) in [6.07, 6.45) is 1.70. The Morgan fingerprint density at radius 1 is 1.50 bits per heavy atom. The van der Waals surface area contributed by atoms with E-state index >= 15 is 0 Å². The van der Waals surface area contributed by atoms with Gasteiger partial charge in [-0.25, -0.2) is 18.1 Å². The average Bonchev–Trinajstić information content (AvgIpc) is 2.99. The van der Waals surface area contributed by atoms with Gasteiger partial charge < -0.3 is 0 Å². The van der Waals surface area contributed by atoms with Crippen molar-refractivity contribution in [3.63, 3.8) is 0 Å². The van der Waals surface area contributed by atoms with E-state index in [0.717, 1.165) is 5.01 Å². The maximum atomic E-state index is 12.1. The lowest BCUT2D eigenvalue weighted by Gasteiger charge is -2.11. The molecule has 0 aliphatic carbocycles. The molecular formula is C13H13N3O2S2. The molecule has 0 spiro atoms. The number of aromatic nitrogens is 1. The van der Waals surface area contributed by atoms with Crippen molar-refractivity contribution in [2.24, 2.45) is 0 Å². The molecule has 1 heterocycles. The first kappa shape index (κ1) is 14.7. The zero-order valence-electron chi connectivity index (χ0n) is 10.8. The zero-order chi connectivity index (χ0) is 14.6. The summed E-state index contributed by atoms with van der Waals surface area (Å²) in [5.41, 5.74) is 0.320. The predicted octanol–water partition coefficient (Wildman–Crippen LogP) is 2.10. The number of nitriles is 1. The molecule has 0 fully saturated rings. The van der Waals surface area contributed by atoms with Crippen LogP contribution in [0.15, 0.2) is 40.7 Å². The van der Waals surface area contributed by atoms with Crippen molar-refractivity contribution in [2.75, 3.05) is 6.54 Å². The Morgan fingerprint density at radius 3 is 2.95 bits per heavy atom. The van der Waals surface area contributed by atoms with E-state index in [9.17, 15) is 8.42 Å². The Balaban J connectivity index is 2.10. The molecule has 2 aromatic rings. The first-order valence-electron chi connectivity index (χ1n) is 5.92. The first-order valence-corrected chi connectivity index (χ1v) is 8.28. The minimum absolute atomic E-state index is 0.00363. The summed E-state index contributed by atoms with van der Waals surface area (Å²) in [4.78, 5) is 4.26. The number of nitrogens with one attached hydrogen (secondary N) is 1. The second-order valence-corrected chi connectivity index (χ2v) is 6.96. The monoisotopic (exact) mass is 307 g/mol. The highest BCUT2D eigenvalue weighted by Gasteiger charge is 2.17. The minimum atomic E-state index is -3.60. The second kappa shape index (κ2) is 6.13. The van der Waals surface area contributed by atoms with Crippen molar-refractivity contribution in [1.29, 1.82) is 5.26 Å². The lowest BCUT2D eigenvalue weighted by Crippen LogP contribution is -2.27. The smallest absolute Gasteiger partial charge is 0.240 e. The van der Waals surface area contributed by atoms with Crippen LogP contribution in [0.3, 0.4) is 0 Å². The lowest BCUT2D eigenvalue weighted by atomic mass is 10.2. The van der Waals surface area contributed by atoms with E-state index in [1.807, 2.05) is 18.4 Å². The van der Waals surface area contributed by atoms with Crippen molar-refractivity contribution >= 4 is 21.4 Å². The van der Waals surface area contributed by atoms with Crippen molar-refractivity contribution < 1.29 is 8.42 Å². The molecule has 1 aromatic carbocycles. The minimum Gasteiger partial charge on any atom is -0.249 e. The van der Waals surface area contributed by atoms with E-state index in [1.165, 1.54) is 23.5 Å². The third kappa shape index (κ3) is 3.42. The Morgan fingerprint density at radius 2 is 2.30 bits per heavy atom. The maximum Gasteiger partial charge on any atom is 0.240 e. The summed E-state index contributed by atoms with van der Waals surface area (Å²) in [5.74, 6) is 0.00363. The number of nitrogens with zero attached hydrogens (tertiary/aromatic N) is 2. The van der Waals surface area contributed by atoms with E-state index < -0.39 is 10.0 Å². The molecule has 0 radical (unpaired) electrons. The fourth-order valence-corrected chi connectivity index (χ4v) is 3.49. The molecule has 0 saturated heterocycles. The van der Waals surface area contributed by atoms with Crippen molar-refractivity contribution in [1.82, 2.24) is 9.71 Å². The highest BCUT2D eigenvalue weighted by atomic mass is 32.2. The Hall–Kier alpha value is -1.75. The molecule has 0 aliphatic rings. The van der Waals surface area contributed by atoms with Crippen LogP contribution in [0.4, 0.5) is 0 Å². The van der Waals surface area contributed by atoms with Gasteiger partial charge in [-0.2, -0.15) is 5.26 Å². The van der Waals surface area contributed by atoms with E-state index in [2.05, 4.69) is 9.71 Å². The topological polar surface area (TPSA) is 82.9 Å². The van der Waals surface area contributed by atoms with Crippen LogP contribution in [0.2, 0.25) is 0 Å². The highest BCUT2D eigenvalue weighted by molar-refractivity contribution is 7.89. The third-order valence-corrected chi connectivity index (χ3v) is 5.15. The predicted molar refractivity (Wildman–Crippen MR) is 76.9 cm³/mol. The van der Waals surface area contributed by atoms with Gasteiger partial charge >= 0.3 is 0 Å². The second-order valence-electron chi connectivity index (χ2n) is 4.26. The largest absolute Gasteiger partial charge is 0.249 e. The molecule has 1 aromatic heterocycles. The fourth-order valence-electron chi connectivity index (χ4n) is 1.62. The average molecular weight is 307 g/mol. The standard InChI is InChI=1S/C13H13N3O2S2/c1-10(13-15-5-6-19-13)9-16-20(17,18)12-4-2-3-11(7-12)8-14/h2-7,10,16H,9H2,1H3. The van der Waals surface area contributed by atoms with Gasteiger partial charge in [0.2, 0.25) is 10.0 Å². The van der Waals surface area contributed by atoms with Crippen LogP contribution in [0, 0.1) is 11.3 Å². The van der Waals surface area contributed by atoms with Crippen molar-refractivity contribution in [2.45, 2.75) is 17.7 Å².